The van der Waals surface area contributed by atoms with Crippen LogP contribution < -0.4 is 10.1 Å². The molecule has 0 bridgehead atoms. The minimum atomic E-state index is -0.846. The molecule has 2 heterocycles. The highest BCUT2D eigenvalue weighted by molar-refractivity contribution is 6.10. The van der Waals surface area contributed by atoms with Gasteiger partial charge in [0.25, 0.3) is 5.91 Å². The fourth-order valence-corrected chi connectivity index (χ4v) is 6.22. The van der Waals surface area contributed by atoms with Gasteiger partial charge in [0, 0.05) is 51.7 Å². The van der Waals surface area contributed by atoms with Crippen molar-refractivity contribution in [3.8, 4) is 5.75 Å². The summed E-state index contributed by atoms with van der Waals surface area (Å²) in [6.07, 6.45) is 4.80. The average molecular weight is 626 g/mol. The summed E-state index contributed by atoms with van der Waals surface area (Å²) in [5.41, 5.74) is 0.626. The maximum Gasteiger partial charge on any atom is 0.410 e. The molecule has 2 fully saturated rings. The van der Waals surface area contributed by atoms with Crippen molar-refractivity contribution >= 4 is 41.0 Å². The van der Waals surface area contributed by atoms with Crippen LogP contribution in [0.4, 0.5) is 4.79 Å². The average Bonchev–Trinajstić information content (AvgIpc) is 3.32. The molecule has 0 unspecified atom stereocenters. The van der Waals surface area contributed by atoms with Gasteiger partial charge < -0.3 is 29.2 Å². The summed E-state index contributed by atoms with van der Waals surface area (Å²) in [5.74, 6) is -0.276. The van der Waals surface area contributed by atoms with Crippen molar-refractivity contribution < 1.29 is 33.4 Å². The maximum absolute atomic E-state index is 14.0. The summed E-state index contributed by atoms with van der Waals surface area (Å²) in [7, 11) is 4.82. The molecular weight excluding hydrogens is 578 g/mol. The molecule has 1 aliphatic carbocycles. The maximum atomic E-state index is 14.0. The third kappa shape index (κ3) is 7.42. The van der Waals surface area contributed by atoms with Crippen LogP contribution in [-0.4, -0.2) is 107 Å². The van der Waals surface area contributed by atoms with Gasteiger partial charge in [0.2, 0.25) is 11.8 Å². The topological polar surface area (TPSA) is 130 Å². The monoisotopic (exact) mass is 625 g/mol. The van der Waals surface area contributed by atoms with E-state index in [1.54, 1.807) is 74.4 Å². The van der Waals surface area contributed by atoms with E-state index in [0.29, 0.717) is 47.3 Å². The quantitative estimate of drug-likeness (QED) is 0.444. The van der Waals surface area contributed by atoms with Gasteiger partial charge in [0.15, 0.2) is 6.29 Å². The normalized spacial score (nSPS) is 17.4. The van der Waals surface area contributed by atoms with Crippen molar-refractivity contribution in [1.82, 2.24) is 24.6 Å². The highest BCUT2D eigenvalue weighted by Crippen LogP contribution is 2.30. The van der Waals surface area contributed by atoms with E-state index in [9.17, 15) is 24.0 Å². The Morgan fingerprint density at radius 1 is 1.02 bits per heavy atom. The third-order valence-electron chi connectivity index (χ3n) is 8.97. The number of piperazine rings is 1. The standard InChI is InChI=1S/C33H47N5O7/c1-21(35(5)32(43)45-33(2,3)4)29(40)34-27(22-11-9-8-10-12-22)30(41)37-15-17-38(18-16-37)31(42)28-25(20-39)24-14-13-23(44-7)19-26(24)36(28)6/h13-14,19-22,27H,8-12,15-18H2,1-7H3,(H,34,40)/t21-,27-/m0/s1. The molecule has 1 N–H and O–H groups in total. The number of ether oxygens (including phenoxy) is 2. The summed E-state index contributed by atoms with van der Waals surface area (Å²) in [4.78, 5) is 70.4. The number of likely N-dealkylation sites (N-methyl/N-ethyl adjacent to an activating group) is 1. The number of aldehydes is 1. The van der Waals surface area contributed by atoms with Crippen molar-refractivity contribution in [2.24, 2.45) is 13.0 Å². The number of benzene rings is 1. The minimum absolute atomic E-state index is 0.0168. The molecule has 2 aliphatic rings. The Kier molecular flexibility index (Phi) is 10.4. The number of methoxy groups -OCH3 is 1. The van der Waals surface area contributed by atoms with Crippen LogP contribution >= 0.6 is 0 Å². The smallest absolute Gasteiger partial charge is 0.410 e. The number of rotatable bonds is 8. The summed E-state index contributed by atoms with van der Waals surface area (Å²) in [6, 6.07) is 3.75. The lowest BCUT2D eigenvalue weighted by Crippen LogP contribution is -2.60. The zero-order valence-electron chi connectivity index (χ0n) is 27.6. The number of nitrogens with one attached hydrogen (secondary N) is 1. The molecule has 2 aromatic rings. The van der Waals surface area contributed by atoms with Crippen molar-refractivity contribution in [1.29, 1.82) is 0 Å². The highest BCUT2D eigenvalue weighted by atomic mass is 16.6. The van der Waals surface area contributed by atoms with Crippen LogP contribution in [0.5, 0.6) is 5.75 Å². The van der Waals surface area contributed by atoms with Gasteiger partial charge in [-0.1, -0.05) is 19.3 Å². The Labute approximate surface area is 265 Å². The molecule has 4 rings (SSSR count). The summed E-state index contributed by atoms with van der Waals surface area (Å²) >= 11 is 0. The number of carbonyl (C=O) groups excluding carboxylic acids is 5. The molecule has 12 nitrogen and oxygen atoms in total. The van der Waals surface area contributed by atoms with Crippen LogP contribution in [0.3, 0.4) is 0 Å². The Morgan fingerprint density at radius 2 is 1.64 bits per heavy atom. The number of fused-ring (bicyclic) bond motifs is 1. The van der Waals surface area contributed by atoms with E-state index in [0.717, 1.165) is 32.1 Å². The Bertz CT molecular complexity index is 1430. The zero-order valence-corrected chi connectivity index (χ0v) is 27.6. The number of hydrogen-bond donors (Lipinski definition) is 1. The SMILES string of the molecule is COc1ccc2c(C=O)c(C(=O)N3CCN(C(=O)[C@@H](NC(=O)[C@H](C)N(C)C(=O)OC(C)(C)C)C4CCCCC4)CC3)n(C)c2c1. The predicted octanol–water partition coefficient (Wildman–Crippen LogP) is 3.60. The number of amides is 4. The number of hydrogen-bond acceptors (Lipinski definition) is 7. The van der Waals surface area contributed by atoms with Crippen LogP contribution in [-0.2, 0) is 21.4 Å². The first-order valence-corrected chi connectivity index (χ1v) is 15.7. The van der Waals surface area contributed by atoms with Crippen molar-refractivity contribution in [3.05, 3.63) is 29.5 Å². The lowest BCUT2D eigenvalue weighted by atomic mass is 9.83. The molecule has 45 heavy (non-hydrogen) atoms. The first-order valence-electron chi connectivity index (χ1n) is 15.7. The molecule has 4 amide bonds. The van der Waals surface area contributed by atoms with E-state index in [2.05, 4.69) is 5.32 Å². The summed E-state index contributed by atoms with van der Waals surface area (Å²) in [5, 5.41) is 3.65. The van der Waals surface area contributed by atoms with Gasteiger partial charge in [0.1, 0.15) is 29.1 Å². The molecule has 1 saturated heterocycles. The molecule has 12 heteroatoms. The van der Waals surface area contributed by atoms with E-state index >= 15 is 0 Å². The van der Waals surface area contributed by atoms with Crippen molar-refractivity contribution in [2.75, 3.05) is 40.3 Å². The van der Waals surface area contributed by atoms with Gasteiger partial charge in [-0.15, -0.1) is 0 Å². The third-order valence-corrected chi connectivity index (χ3v) is 8.97. The molecular formula is C33H47N5O7. The Balaban J connectivity index is 1.46. The molecule has 0 spiro atoms. The zero-order chi connectivity index (χ0) is 33.1. The summed E-state index contributed by atoms with van der Waals surface area (Å²) in [6.45, 7) is 8.06. The first-order chi connectivity index (χ1) is 21.3. The lowest BCUT2D eigenvalue weighted by Gasteiger charge is -2.39. The number of carbonyl (C=O) groups is 5. The van der Waals surface area contributed by atoms with Gasteiger partial charge in [0.05, 0.1) is 18.2 Å². The molecule has 1 aliphatic heterocycles. The second-order valence-electron chi connectivity index (χ2n) is 13.1. The largest absolute Gasteiger partial charge is 0.497 e. The van der Waals surface area contributed by atoms with E-state index in [1.807, 2.05) is 0 Å². The number of aryl methyl sites for hydroxylation is 1. The molecule has 246 valence electrons. The molecule has 1 saturated carbocycles. The Morgan fingerprint density at radius 3 is 2.22 bits per heavy atom. The van der Waals surface area contributed by atoms with Crippen LogP contribution in [0.2, 0.25) is 0 Å². The highest BCUT2D eigenvalue weighted by Gasteiger charge is 2.38. The van der Waals surface area contributed by atoms with Gasteiger partial charge in [-0.25, -0.2) is 4.79 Å². The molecule has 1 aromatic carbocycles. The lowest BCUT2D eigenvalue weighted by molar-refractivity contribution is -0.140. The van der Waals surface area contributed by atoms with Gasteiger partial charge in [-0.2, -0.15) is 0 Å². The van der Waals surface area contributed by atoms with Crippen molar-refractivity contribution in [2.45, 2.75) is 77.5 Å². The van der Waals surface area contributed by atoms with Gasteiger partial charge in [-0.3, -0.25) is 24.1 Å². The summed E-state index contributed by atoms with van der Waals surface area (Å²) < 4.78 is 12.5. The number of nitrogens with zero attached hydrogens (tertiary/aromatic N) is 4. The minimum Gasteiger partial charge on any atom is -0.497 e. The number of aromatic nitrogens is 1. The second-order valence-corrected chi connectivity index (χ2v) is 13.1. The van der Waals surface area contributed by atoms with Crippen LogP contribution in [0.25, 0.3) is 10.9 Å². The molecule has 2 atom stereocenters. The predicted molar refractivity (Wildman–Crippen MR) is 169 cm³/mol. The van der Waals surface area contributed by atoms with E-state index in [1.165, 1.54) is 11.9 Å². The van der Waals surface area contributed by atoms with E-state index < -0.39 is 29.7 Å². The van der Waals surface area contributed by atoms with Crippen LogP contribution in [0.1, 0.15) is 80.6 Å². The molecule has 1 aromatic heterocycles. The van der Waals surface area contributed by atoms with Crippen LogP contribution in [0.15, 0.2) is 18.2 Å². The molecule has 0 radical (unpaired) electrons. The van der Waals surface area contributed by atoms with Crippen LogP contribution in [0, 0.1) is 5.92 Å². The Hall–Kier alpha value is -4.09. The fraction of sp³-hybridized carbons (Fsp3) is 0.606. The van der Waals surface area contributed by atoms with E-state index in [4.69, 9.17) is 9.47 Å². The fourth-order valence-electron chi connectivity index (χ4n) is 6.22. The van der Waals surface area contributed by atoms with Crippen molar-refractivity contribution in [3.63, 3.8) is 0 Å². The second kappa shape index (κ2) is 13.9. The van der Waals surface area contributed by atoms with Gasteiger partial charge in [-0.05, 0) is 58.6 Å². The van der Waals surface area contributed by atoms with Gasteiger partial charge >= 0.3 is 6.09 Å². The van der Waals surface area contributed by atoms with E-state index in [-0.39, 0.29) is 30.8 Å². The first kappa shape index (κ1) is 33.8.